The van der Waals surface area contributed by atoms with Crippen LogP contribution in [-0.4, -0.2) is 9.97 Å². The zero-order chi connectivity index (χ0) is 24.8. The molecule has 2 nitrogen and oxygen atoms in total. The summed E-state index contributed by atoms with van der Waals surface area (Å²) in [6.45, 7) is 0. The lowest BCUT2D eigenvalue weighted by atomic mass is 9.89. The van der Waals surface area contributed by atoms with Crippen molar-refractivity contribution in [3.8, 4) is 33.8 Å². The number of halogens is 1. The molecule has 0 amide bonds. The Morgan fingerprint density at radius 2 is 1.00 bits per heavy atom. The molecule has 0 saturated carbocycles. The van der Waals surface area contributed by atoms with E-state index >= 15 is 0 Å². The van der Waals surface area contributed by atoms with Crippen molar-refractivity contribution in [2.24, 2.45) is 0 Å². The predicted octanol–water partition coefficient (Wildman–Crippen LogP) is 9.59. The SMILES string of the molecule is Clc1cc(-c2ccccc2)nc(-c2ccc(-c3cc4ccccc4c4ccccc34)c3ccccc23)n1. The molecule has 0 aliphatic heterocycles. The second-order valence-electron chi connectivity index (χ2n) is 9.16. The average molecular weight is 493 g/mol. The van der Waals surface area contributed by atoms with E-state index in [0.717, 1.165) is 27.6 Å². The number of rotatable bonds is 3. The van der Waals surface area contributed by atoms with E-state index in [2.05, 4.69) is 96.0 Å². The maximum atomic E-state index is 6.50. The van der Waals surface area contributed by atoms with E-state index in [0.29, 0.717) is 11.0 Å². The molecule has 0 spiro atoms. The molecule has 37 heavy (non-hydrogen) atoms. The third-order valence-electron chi connectivity index (χ3n) is 6.99. The third-order valence-corrected chi connectivity index (χ3v) is 7.18. The van der Waals surface area contributed by atoms with Gasteiger partial charge in [-0.05, 0) is 55.6 Å². The van der Waals surface area contributed by atoms with Gasteiger partial charge in [0.2, 0.25) is 0 Å². The lowest BCUT2D eigenvalue weighted by molar-refractivity contribution is 1.18. The highest BCUT2D eigenvalue weighted by atomic mass is 35.5. The number of aromatic nitrogens is 2. The predicted molar refractivity (Wildman–Crippen MR) is 156 cm³/mol. The molecule has 0 bridgehead atoms. The van der Waals surface area contributed by atoms with Crippen molar-refractivity contribution in [2.75, 3.05) is 0 Å². The largest absolute Gasteiger partial charge is 0.228 e. The second-order valence-corrected chi connectivity index (χ2v) is 9.55. The minimum atomic E-state index is 0.428. The Morgan fingerprint density at radius 3 is 1.76 bits per heavy atom. The molecule has 174 valence electrons. The first-order valence-electron chi connectivity index (χ1n) is 12.3. The molecule has 1 aromatic heterocycles. The van der Waals surface area contributed by atoms with Crippen molar-refractivity contribution in [1.29, 1.82) is 0 Å². The van der Waals surface area contributed by atoms with Gasteiger partial charge in [-0.25, -0.2) is 9.97 Å². The van der Waals surface area contributed by atoms with Crippen molar-refractivity contribution in [1.82, 2.24) is 9.97 Å². The van der Waals surface area contributed by atoms with Crippen molar-refractivity contribution in [3.63, 3.8) is 0 Å². The molecule has 0 unspecified atom stereocenters. The monoisotopic (exact) mass is 492 g/mol. The van der Waals surface area contributed by atoms with Crippen LogP contribution in [-0.2, 0) is 0 Å². The highest BCUT2D eigenvalue weighted by molar-refractivity contribution is 6.29. The Balaban J connectivity index is 1.48. The van der Waals surface area contributed by atoms with Crippen LogP contribution in [0.4, 0.5) is 0 Å². The topological polar surface area (TPSA) is 25.8 Å². The maximum absolute atomic E-state index is 6.50. The van der Waals surface area contributed by atoms with Gasteiger partial charge >= 0.3 is 0 Å². The second kappa shape index (κ2) is 8.85. The summed E-state index contributed by atoms with van der Waals surface area (Å²) in [6, 6.07) is 44.2. The van der Waals surface area contributed by atoms with Gasteiger partial charge in [0.25, 0.3) is 0 Å². The molecular formula is C34H21ClN2. The fourth-order valence-corrected chi connectivity index (χ4v) is 5.48. The standard InChI is InChI=1S/C34H21ClN2/c35-33-21-32(22-10-2-1-3-11-22)36-34(37-33)30-19-18-29(26-15-7-8-16-27(26)30)31-20-23-12-4-5-13-24(23)25-14-6-9-17-28(25)31/h1-21H. The first-order valence-corrected chi connectivity index (χ1v) is 12.7. The molecule has 7 rings (SSSR count). The van der Waals surface area contributed by atoms with E-state index in [1.54, 1.807) is 0 Å². The van der Waals surface area contributed by atoms with Crippen LogP contribution in [0, 0.1) is 0 Å². The van der Waals surface area contributed by atoms with Crippen LogP contribution in [0.2, 0.25) is 5.15 Å². The van der Waals surface area contributed by atoms with Crippen molar-refractivity contribution >= 4 is 43.9 Å². The Morgan fingerprint density at radius 1 is 0.432 bits per heavy atom. The smallest absolute Gasteiger partial charge is 0.162 e. The Kier molecular flexibility index (Phi) is 5.20. The van der Waals surface area contributed by atoms with E-state index in [1.807, 2.05) is 36.4 Å². The summed E-state index contributed by atoms with van der Waals surface area (Å²) in [5, 5.41) is 7.68. The van der Waals surface area contributed by atoms with Crippen molar-refractivity contribution in [2.45, 2.75) is 0 Å². The number of benzene rings is 6. The molecule has 0 aliphatic carbocycles. The van der Waals surface area contributed by atoms with E-state index in [-0.39, 0.29) is 0 Å². The molecule has 0 atom stereocenters. The van der Waals surface area contributed by atoms with Crippen LogP contribution >= 0.6 is 11.6 Å². The van der Waals surface area contributed by atoms with Crippen molar-refractivity contribution < 1.29 is 0 Å². The van der Waals surface area contributed by atoms with Crippen LogP contribution in [0.5, 0.6) is 0 Å². The zero-order valence-electron chi connectivity index (χ0n) is 19.9. The summed E-state index contributed by atoms with van der Waals surface area (Å²) in [7, 11) is 0. The van der Waals surface area contributed by atoms with Crippen LogP contribution in [0.3, 0.4) is 0 Å². The molecule has 0 aliphatic rings. The van der Waals surface area contributed by atoms with Crippen molar-refractivity contribution in [3.05, 3.63) is 133 Å². The number of nitrogens with zero attached hydrogens (tertiary/aromatic N) is 2. The lowest BCUT2D eigenvalue weighted by Crippen LogP contribution is -1.95. The molecule has 0 N–H and O–H groups in total. The Hall–Kier alpha value is -4.53. The van der Waals surface area contributed by atoms with Gasteiger partial charge < -0.3 is 0 Å². The first-order chi connectivity index (χ1) is 18.3. The molecule has 3 heteroatoms. The summed E-state index contributed by atoms with van der Waals surface area (Å²) >= 11 is 6.50. The quantitative estimate of drug-likeness (QED) is 0.181. The molecule has 6 aromatic carbocycles. The van der Waals surface area contributed by atoms with E-state index < -0.39 is 0 Å². The summed E-state index contributed by atoms with van der Waals surface area (Å²) in [6.07, 6.45) is 0. The third kappa shape index (κ3) is 3.74. The average Bonchev–Trinajstić information content (AvgIpc) is 2.96. The Labute approximate surface area is 219 Å². The zero-order valence-corrected chi connectivity index (χ0v) is 20.7. The molecule has 0 saturated heterocycles. The fraction of sp³-hybridized carbons (Fsp3) is 0. The van der Waals surface area contributed by atoms with Gasteiger partial charge in [0.15, 0.2) is 5.82 Å². The van der Waals surface area contributed by atoms with E-state index in [1.165, 1.54) is 32.7 Å². The van der Waals surface area contributed by atoms with E-state index in [4.69, 9.17) is 16.6 Å². The van der Waals surface area contributed by atoms with Gasteiger partial charge in [-0.15, -0.1) is 0 Å². The van der Waals surface area contributed by atoms with Crippen LogP contribution in [0.15, 0.2) is 127 Å². The van der Waals surface area contributed by atoms with Gasteiger partial charge in [0, 0.05) is 17.2 Å². The Bertz CT molecular complexity index is 1940. The van der Waals surface area contributed by atoms with Gasteiger partial charge in [0.05, 0.1) is 5.69 Å². The van der Waals surface area contributed by atoms with Gasteiger partial charge in [0.1, 0.15) is 5.15 Å². The number of fused-ring (bicyclic) bond motifs is 4. The minimum Gasteiger partial charge on any atom is -0.228 e. The highest BCUT2D eigenvalue weighted by Crippen LogP contribution is 2.40. The summed E-state index contributed by atoms with van der Waals surface area (Å²) in [4.78, 5) is 9.55. The van der Waals surface area contributed by atoms with Gasteiger partial charge in [-0.1, -0.05) is 121 Å². The minimum absolute atomic E-state index is 0.428. The first kappa shape index (κ1) is 21.7. The highest BCUT2D eigenvalue weighted by Gasteiger charge is 2.16. The summed E-state index contributed by atoms with van der Waals surface area (Å²) < 4.78 is 0. The molecule has 0 fully saturated rings. The summed E-state index contributed by atoms with van der Waals surface area (Å²) in [5.41, 5.74) is 5.19. The molecular weight excluding hydrogens is 472 g/mol. The van der Waals surface area contributed by atoms with Crippen LogP contribution < -0.4 is 0 Å². The maximum Gasteiger partial charge on any atom is 0.162 e. The number of hydrogen-bond acceptors (Lipinski definition) is 2. The lowest BCUT2D eigenvalue weighted by Gasteiger charge is -2.15. The van der Waals surface area contributed by atoms with Crippen LogP contribution in [0.25, 0.3) is 66.1 Å². The molecule has 7 aromatic rings. The number of hydrogen-bond donors (Lipinski definition) is 0. The summed E-state index contributed by atoms with van der Waals surface area (Å²) in [5.74, 6) is 0.623. The fourth-order valence-electron chi connectivity index (χ4n) is 5.30. The van der Waals surface area contributed by atoms with Gasteiger partial charge in [-0.2, -0.15) is 0 Å². The van der Waals surface area contributed by atoms with E-state index in [9.17, 15) is 0 Å². The molecule has 1 heterocycles. The van der Waals surface area contributed by atoms with Gasteiger partial charge in [-0.3, -0.25) is 0 Å². The van der Waals surface area contributed by atoms with Crippen LogP contribution in [0.1, 0.15) is 0 Å². The normalized spacial score (nSPS) is 11.4. The molecule has 0 radical (unpaired) electrons.